The number of hydrogen-bond donors (Lipinski definition) is 2. The van der Waals surface area contributed by atoms with Gasteiger partial charge in [0.2, 0.25) is 5.91 Å². The lowest BCUT2D eigenvalue weighted by Crippen LogP contribution is -2.36. The van der Waals surface area contributed by atoms with E-state index >= 15 is 0 Å². The largest absolute Gasteiger partial charge is 0.397 e. The SMILES string of the molecule is CCC(C)N(C)CC(=O)Nc1ccc(C)cc1N. The first-order chi connectivity index (χ1) is 8.43. The van der Waals surface area contributed by atoms with Gasteiger partial charge in [-0.1, -0.05) is 13.0 Å². The zero-order chi connectivity index (χ0) is 13.7. The first-order valence-electron chi connectivity index (χ1n) is 6.30. The van der Waals surface area contributed by atoms with Crippen LogP contribution in [0.2, 0.25) is 0 Å². The molecule has 3 N–H and O–H groups in total. The third kappa shape index (κ3) is 4.04. The number of carbonyl (C=O) groups is 1. The number of nitrogen functional groups attached to an aromatic ring is 1. The summed E-state index contributed by atoms with van der Waals surface area (Å²) < 4.78 is 0. The van der Waals surface area contributed by atoms with Crippen molar-refractivity contribution in [2.75, 3.05) is 24.6 Å². The number of carbonyl (C=O) groups excluding carboxylic acids is 1. The minimum Gasteiger partial charge on any atom is -0.397 e. The number of anilines is 2. The number of amides is 1. The quantitative estimate of drug-likeness (QED) is 0.787. The highest BCUT2D eigenvalue weighted by Crippen LogP contribution is 2.19. The summed E-state index contributed by atoms with van der Waals surface area (Å²) in [5.74, 6) is -0.0339. The van der Waals surface area contributed by atoms with Crippen molar-refractivity contribution in [3.05, 3.63) is 23.8 Å². The number of benzene rings is 1. The maximum Gasteiger partial charge on any atom is 0.238 e. The Morgan fingerprint density at radius 3 is 2.72 bits per heavy atom. The Labute approximate surface area is 109 Å². The van der Waals surface area contributed by atoms with E-state index in [4.69, 9.17) is 5.73 Å². The summed E-state index contributed by atoms with van der Waals surface area (Å²) >= 11 is 0. The normalized spacial score (nSPS) is 12.5. The van der Waals surface area contributed by atoms with Crippen LogP contribution in [0.5, 0.6) is 0 Å². The molecule has 4 nitrogen and oxygen atoms in total. The van der Waals surface area contributed by atoms with Crippen LogP contribution >= 0.6 is 0 Å². The molecule has 0 aliphatic rings. The summed E-state index contributed by atoms with van der Waals surface area (Å²) in [4.78, 5) is 13.9. The molecule has 0 saturated carbocycles. The fourth-order valence-electron chi connectivity index (χ4n) is 1.68. The molecule has 1 aromatic carbocycles. The molecule has 18 heavy (non-hydrogen) atoms. The number of nitrogens with one attached hydrogen (secondary N) is 1. The fraction of sp³-hybridized carbons (Fsp3) is 0.500. The van der Waals surface area contributed by atoms with Gasteiger partial charge in [-0.2, -0.15) is 0 Å². The Kier molecular flexibility index (Phi) is 5.16. The number of nitrogens with two attached hydrogens (primary N) is 1. The molecule has 0 fully saturated rings. The van der Waals surface area contributed by atoms with E-state index in [1.54, 1.807) is 0 Å². The van der Waals surface area contributed by atoms with Gasteiger partial charge in [-0.25, -0.2) is 0 Å². The van der Waals surface area contributed by atoms with Crippen LogP contribution in [0.3, 0.4) is 0 Å². The van der Waals surface area contributed by atoms with E-state index in [0.717, 1.165) is 12.0 Å². The molecule has 0 aliphatic carbocycles. The molecule has 0 aliphatic heterocycles. The van der Waals surface area contributed by atoms with Crippen LogP contribution in [-0.4, -0.2) is 30.4 Å². The number of likely N-dealkylation sites (N-methyl/N-ethyl adjacent to an activating group) is 1. The molecule has 0 spiro atoms. The van der Waals surface area contributed by atoms with Gasteiger partial charge in [-0.3, -0.25) is 9.69 Å². The Morgan fingerprint density at radius 1 is 1.50 bits per heavy atom. The molecule has 0 saturated heterocycles. The van der Waals surface area contributed by atoms with Crippen molar-refractivity contribution < 1.29 is 4.79 Å². The van der Waals surface area contributed by atoms with Crippen molar-refractivity contribution in [3.8, 4) is 0 Å². The molecule has 100 valence electrons. The molecular weight excluding hydrogens is 226 g/mol. The minimum atomic E-state index is -0.0339. The van der Waals surface area contributed by atoms with E-state index in [9.17, 15) is 4.79 Å². The average Bonchev–Trinajstić information content (AvgIpc) is 2.31. The van der Waals surface area contributed by atoms with Crippen molar-refractivity contribution >= 4 is 17.3 Å². The van der Waals surface area contributed by atoms with Crippen LogP contribution in [0.4, 0.5) is 11.4 Å². The lowest BCUT2D eigenvalue weighted by molar-refractivity contribution is -0.117. The van der Waals surface area contributed by atoms with Gasteiger partial charge < -0.3 is 11.1 Å². The van der Waals surface area contributed by atoms with Crippen LogP contribution in [-0.2, 0) is 4.79 Å². The maximum absolute atomic E-state index is 11.9. The number of aryl methyl sites for hydroxylation is 1. The Hall–Kier alpha value is -1.55. The minimum absolute atomic E-state index is 0.0339. The van der Waals surface area contributed by atoms with Crippen LogP contribution in [0.15, 0.2) is 18.2 Å². The third-order valence-corrected chi connectivity index (χ3v) is 3.22. The van der Waals surface area contributed by atoms with Crippen molar-refractivity contribution in [1.82, 2.24) is 4.90 Å². The molecule has 1 atom stereocenters. The van der Waals surface area contributed by atoms with Crippen LogP contribution in [0.25, 0.3) is 0 Å². The smallest absolute Gasteiger partial charge is 0.238 e. The van der Waals surface area contributed by atoms with Crippen LogP contribution < -0.4 is 11.1 Å². The summed E-state index contributed by atoms with van der Waals surface area (Å²) in [5.41, 5.74) is 8.23. The van der Waals surface area contributed by atoms with Gasteiger partial charge in [-0.05, 0) is 45.0 Å². The van der Waals surface area contributed by atoms with Crippen LogP contribution in [0, 0.1) is 6.92 Å². The predicted molar refractivity (Wildman–Crippen MR) is 76.6 cm³/mol. The van der Waals surface area contributed by atoms with Crippen molar-refractivity contribution in [2.45, 2.75) is 33.2 Å². The first kappa shape index (κ1) is 14.5. The van der Waals surface area contributed by atoms with Gasteiger partial charge in [-0.15, -0.1) is 0 Å². The Bertz CT molecular complexity index is 418. The van der Waals surface area contributed by atoms with E-state index in [-0.39, 0.29) is 5.91 Å². The average molecular weight is 249 g/mol. The van der Waals surface area contributed by atoms with Gasteiger partial charge in [0.05, 0.1) is 17.9 Å². The Balaban J connectivity index is 2.59. The zero-order valence-electron chi connectivity index (χ0n) is 11.7. The summed E-state index contributed by atoms with van der Waals surface area (Å²) in [6.45, 7) is 6.56. The number of nitrogens with zero attached hydrogens (tertiary/aromatic N) is 1. The molecule has 1 rings (SSSR count). The highest BCUT2D eigenvalue weighted by atomic mass is 16.2. The second-order valence-corrected chi connectivity index (χ2v) is 4.81. The maximum atomic E-state index is 11.9. The van der Waals surface area contributed by atoms with E-state index < -0.39 is 0 Å². The topological polar surface area (TPSA) is 58.4 Å². The zero-order valence-corrected chi connectivity index (χ0v) is 11.7. The molecule has 1 unspecified atom stereocenters. The lowest BCUT2D eigenvalue weighted by Gasteiger charge is -2.22. The Morgan fingerprint density at radius 2 is 2.17 bits per heavy atom. The fourth-order valence-corrected chi connectivity index (χ4v) is 1.68. The highest BCUT2D eigenvalue weighted by molar-refractivity contribution is 5.95. The summed E-state index contributed by atoms with van der Waals surface area (Å²) in [6, 6.07) is 6.02. The monoisotopic (exact) mass is 249 g/mol. The molecule has 1 aromatic rings. The second kappa shape index (κ2) is 6.40. The van der Waals surface area contributed by atoms with Gasteiger partial charge in [0, 0.05) is 6.04 Å². The highest BCUT2D eigenvalue weighted by Gasteiger charge is 2.12. The van der Waals surface area contributed by atoms with E-state index in [1.807, 2.05) is 37.1 Å². The second-order valence-electron chi connectivity index (χ2n) is 4.81. The van der Waals surface area contributed by atoms with E-state index in [2.05, 4.69) is 19.2 Å². The molecule has 0 aromatic heterocycles. The van der Waals surface area contributed by atoms with Crippen molar-refractivity contribution in [1.29, 1.82) is 0 Å². The predicted octanol–water partition coefficient (Wildman–Crippen LogP) is 2.25. The third-order valence-electron chi connectivity index (χ3n) is 3.22. The first-order valence-corrected chi connectivity index (χ1v) is 6.30. The molecule has 1 amide bonds. The van der Waals surface area contributed by atoms with Crippen molar-refractivity contribution in [3.63, 3.8) is 0 Å². The molecule has 0 bridgehead atoms. The lowest BCUT2D eigenvalue weighted by atomic mass is 10.2. The van der Waals surface area contributed by atoms with Gasteiger partial charge in [0.15, 0.2) is 0 Å². The van der Waals surface area contributed by atoms with Gasteiger partial charge in [0.1, 0.15) is 0 Å². The number of hydrogen-bond acceptors (Lipinski definition) is 3. The standard InChI is InChI=1S/C14H23N3O/c1-5-11(3)17(4)9-14(18)16-13-7-6-10(2)8-12(13)15/h6-8,11H,5,9,15H2,1-4H3,(H,16,18). The molecule has 4 heteroatoms. The van der Waals surface area contributed by atoms with E-state index in [1.165, 1.54) is 0 Å². The summed E-state index contributed by atoms with van der Waals surface area (Å²) in [6.07, 6.45) is 1.02. The molecular formula is C14H23N3O. The molecule has 0 radical (unpaired) electrons. The molecule has 0 heterocycles. The summed E-state index contributed by atoms with van der Waals surface area (Å²) in [5, 5.41) is 2.84. The summed E-state index contributed by atoms with van der Waals surface area (Å²) in [7, 11) is 1.95. The van der Waals surface area contributed by atoms with Crippen LogP contribution in [0.1, 0.15) is 25.8 Å². The van der Waals surface area contributed by atoms with Crippen molar-refractivity contribution in [2.24, 2.45) is 0 Å². The van der Waals surface area contributed by atoms with E-state index in [0.29, 0.717) is 24.0 Å². The van der Waals surface area contributed by atoms with Gasteiger partial charge in [0.25, 0.3) is 0 Å². The number of rotatable bonds is 5. The van der Waals surface area contributed by atoms with Gasteiger partial charge >= 0.3 is 0 Å².